The first kappa shape index (κ1) is 76.7. The van der Waals surface area contributed by atoms with E-state index in [1.165, 1.54) is 34.3 Å². The molecule has 4 aromatic heterocycles. The zero-order valence-corrected chi connectivity index (χ0v) is 56.9. The number of carbonyl (C=O) groups is 3. The lowest BCUT2D eigenvalue weighted by Crippen LogP contribution is -2.29. The Kier molecular flexibility index (Phi) is 26.2. The van der Waals surface area contributed by atoms with E-state index in [1.807, 2.05) is 91.0 Å². The van der Waals surface area contributed by atoms with E-state index >= 15 is 0 Å². The molecule has 5 heterocycles. The van der Waals surface area contributed by atoms with Crippen molar-refractivity contribution in [3.63, 3.8) is 0 Å². The highest BCUT2D eigenvalue weighted by Crippen LogP contribution is 2.42. The molecular formula is C63H72F6N10O15S3. The van der Waals surface area contributed by atoms with Crippen LogP contribution in [0.25, 0.3) is 5.78 Å². The monoisotopic (exact) mass is 1420 g/mol. The smallest absolute Gasteiger partial charge is 0.418 e. The number of aliphatic hydroxyl groups is 1. The van der Waals surface area contributed by atoms with Gasteiger partial charge < -0.3 is 33.7 Å². The number of sulfone groups is 1. The second kappa shape index (κ2) is 33.1. The number of nitrogens with zero attached hydrogens (tertiary/aromatic N) is 8. The summed E-state index contributed by atoms with van der Waals surface area (Å²) >= 11 is 1.90. The molecular weight excluding hydrogens is 1350 g/mol. The highest BCUT2D eigenvalue weighted by atomic mass is 32.2. The van der Waals surface area contributed by atoms with Crippen LogP contribution in [0.2, 0.25) is 0 Å². The first-order chi connectivity index (χ1) is 45.7. The number of hydrogen-bond donors (Lipinski definition) is 3. The fourth-order valence-electron chi connectivity index (χ4n) is 10.2. The molecule has 2 unspecified atom stereocenters. The number of esters is 1. The summed E-state index contributed by atoms with van der Waals surface area (Å²) in [6.45, 7) is 12.2. The summed E-state index contributed by atoms with van der Waals surface area (Å²) in [5.41, 5.74) is -1.50. The molecule has 2 aliphatic rings. The number of aromatic nitrogens is 7. The number of ether oxygens (including phenoxy) is 4. The molecule has 0 bridgehead atoms. The lowest BCUT2D eigenvalue weighted by Gasteiger charge is -2.27. The highest BCUT2D eigenvalue weighted by molar-refractivity contribution is 7.99. The third kappa shape index (κ3) is 19.0. The van der Waals surface area contributed by atoms with Crippen LogP contribution in [0.3, 0.4) is 0 Å². The molecule has 7 aromatic rings. The number of aryl methyl sites for hydroxylation is 2. The molecule has 0 amide bonds. The average Bonchev–Trinajstić information content (AvgIpc) is 1.74. The molecule has 25 nitrogen and oxygen atoms in total. The van der Waals surface area contributed by atoms with E-state index in [4.69, 9.17) is 28.6 Å². The van der Waals surface area contributed by atoms with E-state index in [1.54, 1.807) is 6.92 Å². The van der Waals surface area contributed by atoms with Crippen molar-refractivity contribution >= 4 is 72.3 Å². The highest BCUT2D eigenvalue weighted by Gasteiger charge is 2.46. The van der Waals surface area contributed by atoms with E-state index in [9.17, 15) is 67.5 Å². The number of halogens is 6. The normalized spacial score (nSPS) is 15.1. The summed E-state index contributed by atoms with van der Waals surface area (Å²) in [6, 6.07) is 23.3. The molecule has 0 fully saturated rings. The van der Waals surface area contributed by atoms with Gasteiger partial charge in [-0.3, -0.25) is 24.2 Å². The van der Waals surface area contributed by atoms with Gasteiger partial charge in [-0.25, -0.2) is 31.3 Å². The number of pyridine rings is 1. The molecule has 0 radical (unpaired) electrons. The molecule has 3 aromatic carbocycles. The Morgan fingerprint density at radius 1 is 0.876 bits per heavy atom. The van der Waals surface area contributed by atoms with Gasteiger partial charge in [0.1, 0.15) is 17.9 Å². The van der Waals surface area contributed by atoms with Gasteiger partial charge in [0.25, 0.3) is 27.3 Å². The van der Waals surface area contributed by atoms with Gasteiger partial charge >= 0.3 is 18.3 Å². The van der Waals surface area contributed by atoms with Gasteiger partial charge in [0.2, 0.25) is 23.4 Å². The third-order valence-corrected chi connectivity index (χ3v) is 18.0. The second-order valence-electron chi connectivity index (χ2n) is 21.4. The van der Waals surface area contributed by atoms with Gasteiger partial charge in [-0.05, 0) is 69.5 Å². The van der Waals surface area contributed by atoms with Crippen molar-refractivity contribution in [2.24, 2.45) is 23.3 Å². The molecule has 9 rings (SSSR count). The van der Waals surface area contributed by atoms with E-state index in [0.29, 0.717) is 85.6 Å². The summed E-state index contributed by atoms with van der Waals surface area (Å²) in [7, 11) is -3.97. The van der Waals surface area contributed by atoms with Crippen LogP contribution in [0.15, 0.2) is 133 Å². The van der Waals surface area contributed by atoms with Crippen LogP contribution in [0.4, 0.5) is 32.3 Å². The van der Waals surface area contributed by atoms with Gasteiger partial charge in [-0.1, -0.05) is 98.2 Å². The molecule has 524 valence electrons. The summed E-state index contributed by atoms with van der Waals surface area (Å²) in [5, 5.41) is 25.4. The SMILES string of the molecule is CCC/C(=N\OCC)C1=C(O)CC(CC(C)SCC)CC1=O.CCOC(=O)C1=NOC(c2ccccc2)(c2ccccc2)C1.COc1cc(OC)n2nc(NS(=O)(=O)c3c(C(F)(F)F)ccnc3OC)nc2n1.Cc1[nH]n(C)c(=O)c1C(=O)c1ccc(C(F)(F)F)cc1S(C)(=O)=O. The Labute approximate surface area is 558 Å². The van der Waals surface area contributed by atoms with Crippen LogP contribution in [0, 0.1) is 12.8 Å². The fourth-order valence-corrected chi connectivity index (χ4v) is 13.3. The quantitative estimate of drug-likeness (QED) is 0.0187. The number of anilines is 1. The number of nitrogens with one attached hydrogen (secondary N) is 2. The van der Waals surface area contributed by atoms with E-state index < -0.39 is 93.4 Å². The van der Waals surface area contributed by atoms with Crippen molar-refractivity contribution in [1.29, 1.82) is 0 Å². The number of allylic oxidation sites excluding steroid dienone is 2. The maximum Gasteiger partial charge on any atom is 0.418 e. The Morgan fingerprint density at radius 2 is 1.53 bits per heavy atom. The fraction of sp³-hybridized carbons (Fsp3) is 0.397. The summed E-state index contributed by atoms with van der Waals surface area (Å²) in [6.07, 6.45) is -4.35. The number of aliphatic hydroxyl groups excluding tert-OH is 1. The second-order valence-corrected chi connectivity index (χ2v) is 26.7. The summed E-state index contributed by atoms with van der Waals surface area (Å²) in [5.74, 6) is -1.07. The standard InChI is InChI=1S/C18H17NO3.C17H29NO3S.C14H13F3N6O5S.C14H13F3N2O4S/c1-2-21-17(20)16-13-18(22-19-16,14-9-5-3-6-10-14)15-11-7-4-8-12-15;1-5-8-14(18-21-6-2)17-15(19)10-13(11-16(17)20)9-12(4)22-7-3;1-26-8-6-9(27-2)23-13(19-8)20-12(21-23)22-29(24,25)10-7(14(15,16)17)4-5-18-11(10)28-3;1-7-11(13(21)19(2)18-7)12(20)9-5-4-8(14(15,16)17)6-10(9)24(3,22)23/h3-12H,2,13H2,1H3;12-13,19H,5-11H2,1-4H3;4-6H,1-3H3,(H,21,22);4-6,18H,1-3H3/b;18-14+;;. The van der Waals surface area contributed by atoms with Gasteiger partial charge in [-0.2, -0.15) is 52.6 Å². The number of H-pyrrole nitrogens is 1. The van der Waals surface area contributed by atoms with Crippen molar-refractivity contribution in [2.45, 2.75) is 113 Å². The molecule has 0 saturated heterocycles. The van der Waals surface area contributed by atoms with Gasteiger partial charge in [0.05, 0.1) is 67.7 Å². The lowest BCUT2D eigenvalue weighted by atomic mass is 9.82. The minimum Gasteiger partial charge on any atom is -0.511 e. The van der Waals surface area contributed by atoms with Crippen molar-refractivity contribution in [1.82, 2.24) is 34.3 Å². The number of ketones is 2. The number of oxime groups is 2. The summed E-state index contributed by atoms with van der Waals surface area (Å²) < 4.78 is 151. The first-order valence-corrected chi connectivity index (χ1v) is 34.2. The minimum atomic E-state index is -4.98. The molecule has 3 N–H and O–H groups in total. The molecule has 2 atom stereocenters. The number of carbonyl (C=O) groups excluding carboxylic acids is 3. The van der Waals surface area contributed by atoms with Gasteiger partial charge in [0, 0.05) is 60.0 Å². The van der Waals surface area contributed by atoms with Gasteiger partial charge in [-0.15, -0.1) is 5.10 Å². The Balaban J connectivity index is 0.000000206. The Hall–Kier alpha value is -9.31. The van der Waals surface area contributed by atoms with Crippen LogP contribution < -0.4 is 24.5 Å². The molecule has 1 aliphatic heterocycles. The molecule has 97 heavy (non-hydrogen) atoms. The zero-order chi connectivity index (χ0) is 71.8. The van der Waals surface area contributed by atoms with Crippen molar-refractivity contribution in [3.8, 4) is 17.6 Å². The summed E-state index contributed by atoms with van der Waals surface area (Å²) in [4.78, 5) is 69.2. The Morgan fingerprint density at radius 3 is 2.04 bits per heavy atom. The maximum atomic E-state index is 13.3. The van der Waals surface area contributed by atoms with E-state index in [2.05, 4.69) is 49.3 Å². The number of alkyl halides is 6. The minimum absolute atomic E-state index is 0.00866. The largest absolute Gasteiger partial charge is 0.511 e. The Bertz CT molecular complexity index is 4290. The first-order valence-electron chi connectivity index (χ1n) is 29.7. The van der Waals surface area contributed by atoms with E-state index in [-0.39, 0.29) is 46.3 Å². The lowest BCUT2D eigenvalue weighted by molar-refractivity contribution is -0.140. The van der Waals surface area contributed by atoms with Crippen LogP contribution in [0.5, 0.6) is 17.6 Å². The molecule has 34 heteroatoms. The molecule has 0 spiro atoms. The number of methoxy groups -OCH3 is 3. The number of fused-ring (bicyclic) bond motifs is 1. The molecule has 0 saturated carbocycles. The van der Waals surface area contributed by atoms with E-state index in [0.717, 1.165) is 58.3 Å². The van der Waals surface area contributed by atoms with Crippen molar-refractivity contribution in [3.05, 3.63) is 158 Å². The third-order valence-electron chi connectivity index (χ3n) is 14.4. The van der Waals surface area contributed by atoms with Gasteiger partial charge in [0.15, 0.2) is 31.8 Å². The van der Waals surface area contributed by atoms with Crippen molar-refractivity contribution in [2.75, 3.05) is 51.3 Å². The number of Topliss-reactive ketones (excluding diaryl/α,β-unsaturated/α-hetero) is 1. The number of hydrogen-bond acceptors (Lipinski definition) is 22. The number of rotatable bonds is 22. The maximum absolute atomic E-state index is 13.3. The number of aromatic amines is 1. The van der Waals surface area contributed by atoms with Crippen molar-refractivity contribution < 1.29 is 91.3 Å². The zero-order valence-electron chi connectivity index (χ0n) is 54.5. The predicted octanol–water partition coefficient (Wildman–Crippen LogP) is 10.8. The van der Waals surface area contributed by atoms with Crippen LogP contribution in [0.1, 0.15) is 117 Å². The number of sulfonamides is 1. The number of benzene rings is 3. The average molecular weight is 1420 g/mol. The molecule has 1 aliphatic carbocycles. The van der Waals surface area contributed by atoms with Crippen LogP contribution >= 0.6 is 11.8 Å². The topological polar surface area (TPSA) is 326 Å². The number of thioether (sulfide) groups is 1. The van der Waals surface area contributed by atoms with Crippen LogP contribution in [-0.2, 0) is 68.9 Å². The van der Waals surface area contributed by atoms with Crippen LogP contribution in [-0.4, -0.2) is 137 Å². The predicted molar refractivity (Wildman–Crippen MR) is 346 cm³/mol.